The number of carbonyl (C=O) groups excluding carboxylic acids is 3. The van der Waals surface area contributed by atoms with Gasteiger partial charge in [-0.3, -0.25) is 9.59 Å². The van der Waals surface area contributed by atoms with Crippen LogP contribution < -0.4 is 20.2 Å². The third kappa shape index (κ3) is 6.29. The topological polar surface area (TPSA) is 119 Å². The van der Waals surface area contributed by atoms with Crippen molar-refractivity contribution in [1.82, 2.24) is 10.7 Å². The van der Waals surface area contributed by atoms with Crippen molar-refractivity contribution in [3.8, 4) is 11.5 Å². The van der Waals surface area contributed by atoms with Crippen molar-refractivity contribution in [3.63, 3.8) is 0 Å². The van der Waals surface area contributed by atoms with Gasteiger partial charge in [-0.05, 0) is 60.2 Å². The molecule has 0 aliphatic heterocycles. The van der Waals surface area contributed by atoms with Crippen molar-refractivity contribution >= 4 is 39.9 Å². The maximum absolute atomic E-state index is 12.3. The van der Waals surface area contributed by atoms with Gasteiger partial charge in [-0.25, -0.2) is 10.2 Å². The maximum atomic E-state index is 12.3. The summed E-state index contributed by atoms with van der Waals surface area (Å²) in [5.74, 6) is -0.894. The lowest BCUT2D eigenvalue weighted by atomic mass is 10.2. The molecule has 0 atom stereocenters. The molecule has 2 aromatic carbocycles. The van der Waals surface area contributed by atoms with Crippen molar-refractivity contribution in [2.45, 2.75) is 0 Å². The van der Waals surface area contributed by atoms with E-state index < -0.39 is 17.8 Å². The van der Waals surface area contributed by atoms with E-state index in [1.807, 2.05) is 0 Å². The number of halogens is 1. The number of nitrogens with zero attached hydrogens (tertiary/aromatic N) is 1. The summed E-state index contributed by atoms with van der Waals surface area (Å²) in [5, 5.41) is 6.24. The van der Waals surface area contributed by atoms with Gasteiger partial charge in [-0.2, -0.15) is 5.10 Å². The Morgan fingerprint density at radius 1 is 1.09 bits per heavy atom. The highest BCUT2D eigenvalue weighted by Gasteiger charge is 2.13. The molecule has 0 saturated heterocycles. The van der Waals surface area contributed by atoms with Crippen LogP contribution in [0.15, 0.2) is 74.9 Å². The van der Waals surface area contributed by atoms with Crippen LogP contribution in [0.1, 0.15) is 26.5 Å². The first-order chi connectivity index (χ1) is 15.5. The number of hydrogen-bond donors (Lipinski definition) is 2. The number of amides is 2. The minimum absolute atomic E-state index is 0.106. The number of hydrazone groups is 1. The SMILES string of the molecule is COc1cc(/C=N\NC(=O)CNC(=O)c2ccco2)ccc1OC(=O)c1ccc(Br)cc1. The van der Waals surface area contributed by atoms with Crippen LogP contribution in [-0.2, 0) is 4.79 Å². The van der Waals surface area contributed by atoms with Crippen molar-refractivity contribution in [1.29, 1.82) is 0 Å². The van der Waals surface area contributed by atoms with Crippen LogP contribution in [0.2, 0.25) is 0 Å². The largest absolute Gasteiger partial charge is 0.493 e. The van der Waals surface area contributed by atoms with E-state index in [9.17, 15) is 14.4 Å². The molecule has 3 rings (SSSR count). The van der Waals surface area contributed by atoms with Gasteiger partial charge in [-0.15, -0.1) is 0 Å². The predicted octanol–water partition coefficient (Wildman–Crippen LogP) is 3.15. The summed E-state index contributed by atoms with van der Waals surface area (Å²) in [7, 11) is 1.44. The van der Waals surface area contributed by atoms with Crippen LogP contribution in [0.3, 0.4) is 0 Å². The van der Waals surface area contributed by atoms with E-state index in [0.29, 0.717) is 16.9 Å². The number of nitrogens with one attached hydrogen (secondary N) is 2. The molecule has 0 aliphatic carbocycles. The fourth-order valence-corrected chi connectivity index (χ4v) is 2.73. The van der Waals surface area contributed by atoms with Crippen molar-refractivity contribution in [2.75, 3.05) is 13.7 Å². The molecule has 0 radical (unpaired) electrons. The van der Waals surface area contributed by atoms with Gasteiger partial charge in [0.05, 0.1) is 31.7 Å². The normalized spacial score (nSPS) is 10.6. The highest BCUT2D eigenvalue weighted by Crippen LogP contribution is 2.28. The van der Waals surface area contributed by atoms with Crippen LogP contribution in [-0.4, -0.2) is 37.7 Å². The fraction of sp³-hybridized carbons (Fsp3) is 0.0909. The van der Waals surface area contributed by atoms with E-state index in [0.717, 1.165) is 4.47 Å². The summed E-state index contributed by atoms with van der Waals surface area (Å²) in [6, 6.07) is 14.6. The molecule has 0 spiro atoms. The predicted molar refractivity (Wildman–Crippen MR) is 119 cm³/mol. The summed E-state index contributed by atoms with van der Waals surface area (Å²) < 4.78 is 16.5. The molecule has 2 N–H and O–H groups in total. The molecule has 2 amide bonds. The molecule has 1 aromatic heterocycles. The fourth-order valence-electron chi connectivity index (χ4n) is 2.47. The van der Waals surface area contributed by atoms with Crippen LogP contribution in [0.4, 0.5) is 0 Å². The van der Waals surface area contributed by atoms with Crippen molar-refractivity contribution in [2.24, 2.45) is 5.10 Å². The zero-order chi connectivity index (χ0) is 22.9. The zero-order valence-corrected chi connectivity index (χ0v) is 18.4. The van der Waals surface area contributed by atoms with Crippen LogP contribution in [0.5, 0.6) is 11.5 Å². The van der Waals surface area contributed by atoms with E-state index >= 15 is 0 Å². The second-order valence-corrected chi connectivity index (χ2v) is 7.18. The molecule has 9 nitrogen and oxygen atoms in total. The molecule has 0 unspecified atom stereocenters. The molecule has 164 valence electrons. The Morgan fingerprint density at radius 2 is 1.88 bits per heavy atom. The third-order valence-corrected chi connectivity index (χ3v) is 4.56. The summed E-state index contributed by atoms with van der Waals surface area (Å²) in [4.78, 5) is 35.8. The highest BCUT2D eigenvalue weighted by molar-refractivity contribution is 9.10. The van der Waals surface area contributed by atoms with Gasteiger partial charge in [0.15, 0.2) is 17.3 Å². The smallest absolute Gasteiger partial charge is 0.343 e. The first kappa shape index (κ1) is 22.8. The van der Waals surface area contributed by atoms with E-state index in [4.69, 9.17) is 13.9 Å². The Bertz CT molecular complexity index is 1130. The van der Waals surface area contributed by atoms with E-state index in [2.05, 4.69) is 31.8 Å². The zero-order valence-electron chi connectivity index (χ0n) is 16.8. The van der Waals surface area contributed by atoms with E-state index in [1.165, 1.54) is 25.7 Å². The van der Waals surface area contributed by atoms with Crippen LogP contribution >= 0.6 is 15.9 Å². The van der Waals surface area contributed by atoms with E-state index in [1.54, 1.807) is 48.5 Å². The number of methoxy groups -OCH3 is 1. The summed E-state index contributed by atoms with van der Waals surface area (Å²) in [6.45, 7) is -0.273. The van der Waals surface area contributed by atoms with Crippen LogP contribution in [0, 0.1) is 0 Å². The average Bonchev–Trinajstić information content (AvgIpc) is 3.34. The summed E-state index contributed by atoms with van der Waals surface area (Å²) in [5.41, 5.74) is 3.28. The van der Waals surface area contributed by atoms with Gasteiger partial charge < -0.3 is 19.2 Å². The van der Waals surface area contributed by atoms with Crippen molar-refractivity contribution in [3.05, 3.63) is 82.2 Å². The van der Waals surface area contributed by atoms with Gasteiger partial charge in [0.25, 0.3) is 11.8 Å². The van der Waals surface area contributed by atoms with Gasteiger partial charge in [0.1, 0.15) is 0 Å². The number of esters is 1. The lowest BCUT2D eigenvalue weighted by molar-refractivity contribution is -0.120. The van der Waals surface area contributed by atoms with Gasteiger partial charge in [-0.1, -0.05) is 15.9 Å². The minimum Gasteiger partial charge on any atom is -0.493 e. The van der Waals surface area contributed by atoms with E-state index in [-0.39, 0.29) is 18.1 Å². The second kappa shape index (κ2) is 10.9. The molecular formula is C22H18BrN3O6. The van der Waals surface area contributed by atoms with Crippen molar-refractivity contribution < 1.29 is 28.3 Å². The number of furan rings is 1. The average molecular weight is 500 g/mol. The molecule has 1 heterocycles. The summed E-state index contributed by atoms with van der Waals surface area (Å²) >= 11 is 3.31. The number of ether oxygens (including phenoxy) is 2. The lowest BCUT2D eigenvalue weighted by Crippen LogP contribution is -2.34. The first-order valence-corrected chi connectivity index (χ1v) is 10.0. The lowest BCUT2D eigenvalue weighted by Gasteiger charge is -2.10. The Hall–Kier alpha value is -3.92. The molecule has 0 saturated carbocycles. The molecule has 3 aromatic rings. The van der Waals surface area contributed by atoms with Gasteiger partial charge in [0.2, 0.25) is 0 Å². The molecular weight excluding hydrogens is 482 g/mol. The Kier molecular flexibility index (Phi) is 7.76. The Morgan fingerprint density at radius 3 is 2.56 bits per heavy atom. The quantitative estimate of drug-likeness (QED) is 0.212. The molecule has 32 heavy (non-hydrogen) atoms. The molecule has 0 aliphatic rings. The summed E-state index contributed by atoms with van der Waals surface area (Å²) in [6.07, 6.45) is 2.75. The number of carbonyl (C=O) groups is 3. The molecule has 10 heteroatoms. The first-order valence-electron chi connectivity index (χ1n) is 9.25. The third-order valence-electron chi connectivity index (χ3n) is 4.03. The minimum atomic E-state index is -0.527. The Labute approximate surface area is 191 Å². The number of rotatable bonds is 8. The number of hydrogen-bond acceptors (Lipinski definition) is 7. The molecule has 0 fully saturated rings. The standard InChI is InChI=1S/C22H18BrN3O6/c1-30-19-11-14(4-9-17(19)32-22(29)15-5-7-16(23)8-6-15)12-25-26-20(27)13-24-21(28)18-3-2-10-31-18/h2-12H,13H2,1H3,(H,24,28)(H,26,27)/b25-12-. The molecule has 0 bridgehead atoms. The van der Waals surface area contributed by atoms with Gasteiger partial charge >= 0.3 is 5.97 Å². The number of benzene rings is 2. The Balaban J connectivity index is 1.54. The maximum Gasteiger partial charge on any atom is 0.343 e. The van der Waals surface area contributed by atoms with Gasteiger partial charge in [0, 0.05) is 4.47 Å². The monoisotopic (exact) mass is 499 g/mol. The highest BCUT2D eigenvalue weighted by atomic mass is 79.9. The van der Waals surface area contributed by atoms with Crippen LogP contribution in [0.25, 0.3) is 0 Å². The second-order valence-electron chi connectivity index (χ2n) is 6.26.